The Labute approximate surface area is 116 Å². The maximum Gasteiger partial charge on any atom is 0.273 e. The van der Waals surface area contributed by atoms with Crippen molar-refractivity contribution in [3.05, 3.63) is 57.1 Å². The van der Waals surface area contributed by atoms with Crippen LogP contribution in [0.25, 0.3) is 15.8 Å². The van der Waals surface area contributed by atoms with Crippen molar-refractivity contribution in [3.8, 4) is 5.69 Å². The van der Waals surface area contributed by atoms with E-state index in [4.69, 9.17) is 23.2 Å². The molecule has 0 saturated heterocycles. The molecule has 0 atom stereocenters. The molecular weight excluding hydrogens is 291 g/mol. The number of benzene rings is 1. The summed E-state index contributed by atoms with van der Waals surface area (Å²) >= 11 is 13.5. The highest BCUT2D eigenvalue weighted by atomic mass is 35.5. The average Bonchev–Trinajstić information content (AvgIpc) is 2.68. The van der Waals surface area contributed by atoms with E-state index in [2.05, 4.69) is 4.98 Å². The van der Waals surface area contributed by atoms with Crippen LogP contribution in [0.15, 0.2) is 41.5 Å². The third-order valence-corrected chi connectivity index (χ3v) is 4.19. The van der Waals surface area contributed by atoms with Crippen molar-refractivity contribution in [1.82, 2.24) is 8.94 Å². The maximum atomic E-state index is 12.3. The summed E-state index contributed by atoms with van der Waals surface area (Å²) in [7, 11) is 0. The lowest BCUT2D eigenvalue weighted by molar-refractivity contribution is 1.14. The lowest BCUT2D eigenvalue weighted by Crippen LogP contribution is -2.11. The molecule has 0 N–H and O–H groups in total. The molecule has 1 aromatic carbocycles. The second-order valence-corrected chi connectivity index (χ2v) is 5.43. The van der Waals surface area contributed by atoms with Crippen molar-refractivity contribution >= 4 is 44.8 Å². The molecule has 0 aliphatic rings. The highest BCUT2D eigenvalue weighted by Gasteiger charge is 2.14. The summed E-state index contributed by atoms with van der Waals surface area (Å²) in [5, 5.41) is 1.51. The van der Waals surface area contributed by atoms with E-state index in [0.717, 1.165) is 4.70 Å². The normalized spacial score (nSPS) is 11.0. The van der Waals surface area contributed by atoms with Gasteiger partial charge in [0, 0.05) is 12.4 Å². The molecule has 90 valence electrons. The van der Waals surface area contributed by atoms with Gasteiger partial charge in [-0.2, -0.15) is 0 Å². The van der Waals surface area contributed by atoms with Crippen molar-refractivity contribution in [2.24, 2.45) is 0 Å². The smallest absolute Gasteiger partial charge is 0.267 e. The van der Waals surface area contributed by atoms with Crippen molar-refractivity contribution in [2.45, 2.75) is 0 Å². The molecule has 0 unspecified atom stereocenters. The van der Waals surface area contributed by atoms with Gasteiger partial charge in [0.2, 0.25) is 0 Å². The SMILES string of the molecule is O=c1c2ccncc2sn1-c1c(Cl)cccc1Cl. The van der Waals surface area contributed by atoms with Gasteiger partial charge in [-0.15, -0.1) is 0 Å². The van der Waals surface area contributed by atoms with Gasteiger partial charge in [-0.05, 0) is 29.7 Å². The molecule has 0 aliphatic heterocycles. The first-order valence-corrected chi connectivity index (χ1v) is 6.62. The number of fused-ring (bicyclic) bond motifs is 1. The topological polar surface area (TPSA) is 34.9 Å². The summed E-state index contributed by atoms with van der Waals surface area (Å²) in [6, 6.07) is 6.85. The van der Waals surface area contributed by atoms with Crippen LogP contribution in [0.3, 0.4) is 0 Å². The Balaban J connectivity index is 2.39. The van der Waals surface area contributed by atoms with E-state index in [1.165, 1.54) is 15.5 Å². The highest BCUT2D eigenvalue weighted by molar-refractivity contribution is 7.14. The zero-order valence-corrected chi connectivity index (χ0v) is 11.3. The number of pyridine rings is 1. The van der Waals surface area contributed by atoms with Gasteiger partial charge in [0.25, 0.3) is 5.56 Å². The molecular formula is C12H6Cl2N2OS. The van der Waals surface area contributed by atoms with Crippen molar-refractivity contribution in [2.75, 3.05) is 0 Å². The monoisotopic (exact) mass is 296 g/mol. The lowest BCUT2D eigenvalue weighted by Gasteiger charge is -2.05. The number of aromatic nitrogens is 2. The predicted molar refractivity (Wildman–Crippen MR) is 75.2 cm³/mol. The summed E-state index contributed by atoms with van der Waals surface area (Å²) in [6.07, 6.45) is 3.25. The predicted octanol–water partition coefficient (Wildman–Crippen LogP) is 3.75. The Bertz CT molecular complexity index is 774. The van der Waals surface area contributed by atoms with E-state index in [9.17, 15) is 4.79 Å². The number of hydrogen-bond acceptors (Lipinski definition) is 3. The summed E-state index contributed by atoms with van der Waals surface area (Å²) in [6.45, 7) is 0. The largest absolute Gasteiger partial charge is 0.273 e. The van der Waals surface area contributed by atoms with Crippen LogP contribution >= 0.6 is 34.7 Å². The van der Waals surface area contributed by atoms with Gasteiger partial charge in [0.15, 0.2) is 0 Å². The molecule has 0 radical (unpaired) electrons. The first-order valence-electron chi connectivity index (χ1n) is 5.09. The van der Waals surface area contributed by atoms with Crippen molar-refractivity contribution in [1.29, 1.82) is 0 Å². The summed E-state index contributed by atoms with van der Waals surface area (Å²) in [5.74, 6) is 0. The fraction of sp³-hybridized carbons (Fsp3) is 0. The molecule has 3 rings (SSSR count). The van der Waals surface area contributed by atoms with Crippen LogP contribution in [-0.4, -0.2) is 8.94 Å². The van der Waals surface area contributed by atoms with E-state index in [0.29, 0.717) is 21.1 Å². The van der Waals surface area contributed by atoms with Crippen molar-refractivity contribution < 1.29 is 0 Å². The summed E-state index contributed by atoms with van der Waals surface area (Å²) < 4.78 is 2.30. The van der Waals surface area contributed by atoms with E-state index >= 15 is 0 Å². The summed E-state index contributed by atoms with van der Waals surface area (Å²) in [4.78, 5) is 16.3. The third kappa shape index (κ3) is 1.73. The Morgan fingerprint density at radius 3 is 2.56 bits per heavy atom. The first-order chi connectivity index (χ1) is 8.68. The zero-order chi connectivity index (χ0) is 12.7. The molecule has 0 saturated carbocycles. The molecule has 2 aromatic heterocycles. The van der Waals surface area contributed by atoms with E-state index in [-0.39, 0.29) is 5.56 Å². The second kappa shape index (κ2) is 4.39. The molecule has 3 nitrogen and oxygen atoms in total. The number of para-hydroxylation sites is 1. The van der Waals surface area contributed by atoms with Crippen LogP contribution in [0.1, 0.15) is 0 Å². The van der Waals surface area contributed by atoms with Gasteiger partial charge in [-0.1, -0.05) is 29.3 Å². The fourth-order valence-corrected chi connectivity index (χ4v) is 3.40. The van der Waals surface area contributed by atoms with Gasteiger partial charge < -0.3 is 0 Å². The zero-order valence-electron chi connectivity index (χ0n) is 8.93. The molecule has 0 spiro atoms. The van der Waals surface area contributed by atoms with Crippen LogP contribution in [0.5, 0.6) is 0 Å². The molecule has 0 aliphatic carbocycles. The lowest BCUT2D eigenvalue weighted by atomic mass is 10.3. The molecule has 0 bridgehead atoms. The van der Waals surface area contributed by atoms with Crippen molar-refractivity contribution in [3.63, 3.8) is 0 Å². The molecule has 0 amide bonds. The van der Waals surface area contributed by atoms with Gasteiger partial charge in [0.1, 0.15) is 0 Å². The number of rotatable bonds is 1. The Morgan fingerprint density at radius 1 is 1.17 bits per heavy atom. The van der Waals surface area contributed by atoms with E-state index < -0.39 is 0 Å². The van der Waals surface area contributed by atoms with Crippen LogP contribution in [0.4, 0.5) is 0 Å². The Kier molecular flexibility index (Phi) is 2.86. The summed E-state index contributed by atoms with van der Waals surface area (Å²) in [5.41, 5.74) is 0.388. The van der Waals surface area contributed by atoms with Crippen LogP contribution in [0.2, 0.25) is 10.0 Å². The molecule has 6 heteroatoms. The third-order valence-electron chi connectivity index (χ3n) is 2.53. The minimum atomic E-state index is -0.132. The maximum absolute atomic E-state index is 12.3. The van der Waals surface area contributed by atoms with Gasteiger partial charge in [-0.25, -0.2) is 3.96 Å². The molecule has 3 aromatic rings. The van der Waals surface area contributed by atoms with Crippen LogP contribution < -0.4 is 5.56 Å². The van der Waals surface area contributed by atoms with Gasteiger partial charge >= 0.3 is 0 Å². The molecule has 0 fully saturated rings. The van der Waals surface area contributed by atoms with Gasteiger partial charge in [0.05, 0.1) is 25.8 Å². The van der Waals surface area contributed by atoms with Crippen LogP contribution in [-0.2, 0) is 0 Å². The van der Waals surface area contributed by atoms with Crippen LogP contribution in [0, 0.1) is 0 Å². The quantitative estimate of drug-likeness (QED) is 0.685. The minimum Gasteiger partial charge on any atom is -0.267 e. The molecule has 18 heavy (non-hydrogen) atoms. The standard InChI is InChI=1S/C12H6Cl2N2OS/c13-8-2-1-3-9(14)11(8)16-12(17)7-4-5-15-6-10(7)18-16/h1-6H. The first kappa shape index (κ1) is 11.7. The second-order valence-electron chi connectivity index (χ2n) is 3.63. The Hall–Kier alpha value is -1.36. The number of hydrogen-bond donors (Lipinski definition) is 0. The van der Waals surface area contributed by atoms with E-state index in [1.807, 2.05) is 0 Å². The highest BCUT2D eigenvalue weighted by Crippen LogP contribution is 2.30. The number of nitrogens with zero attached hydrogens (tertiary/aromatic N) is 2. The average molecular weight is 297 g/mol. The Morgan fingerprint density at radius 2 is 1.89 bits per heavy atom. The number of halogens is 2. The minimum absolute atomic E-state index is 0.132. The fourth-order valence-electron chi connectivity index (χ4n) is 1.71. The molecule has 2 heterocycles. The van der Waals surface area contributed by atoms with E-state index in [1.54, 1.807) is 36.7 Å². The van der Waals surface area contributed by atoms with Gasteiger partial charge in [-0.3, -0.25) is 9.78 Å².